The Labute approximate surface area is 143 Å². The van der Waals surface area contributed by atoms with Gasteiger partial charge in [-0.15, -0.1) is 0 Å². The van der Waals surface area contributed by atoms with Crippen LogP contribution in [0.4, 0.5) is 0 Å². The monoisotopic (exact) mass is 330 g/mol. The molecule has 0 saturated carbocycles. The number of benzene rings is 2. The van der Waals surface area contributed by atoms with Crippen LogP contribution in [-0.2, 0) is 4.74 Å². The van der Waals surface area contributed by atoms with E-state index in [2.05, 4.69) is 22.3 Å². The van der Waals surface area contributed by atoms with Gasteiger partial charge in [0.05, 0.1) is 6.61 Å². The molecule has 1 saturated heterocycles. The highest BCUT2D eigenvalue weighted by Gasteiger charge is 2.18. The largest absolute Gasteiger partial charge is 0.367 e. The predicted octanol–water partition coefficient (Wildman–Crippen LogP) is 3.35. The fourth-order valence-corrected chi connectivity index (χ4v) is 3.15. The molecule has 1 heterocycles. The zero-order valence-corrected chi connectivity index (χ0v) is 14.0. The lowest BCUT2D eigenvalue weighted by atomic mass is 10.0. The van der Waals surface area contributed by atoms with Crippen LogP contribution in [0.25, 0.3) is 0 Å². The van der Waals surface area contributed by atoms with Gasteiger partial charge < -0.3 is 10.1 Å². The molecule has 2 aromatic carbocycles. The minimum atomic E-state index is -0.118. The van der Waals surface area contributed by atoms with E-state index in [4.69, 9.17) is 16.3 Å². The van der Waals surface area contributed by atoms with Crippen molar-refractivity contribution in [1.82, 2.24) is 10.2 Å². The predicted molar refractivity (Wildman–Crippen MR) is 95.0 cm³/mol. The van der Waals surface area contributed by atoms with Gasteiger partial charge in [-0.25, -0.2) is 0 Å². The molecule has 0 bridgehead atoms. The Kier molecular flexibility index (Phi) is 6.06. The number of halogens is 1. The van der Waals surface area contributed by atoms with Crippen LogP contribution >= 0.6 is 11.6 Å². The first-order valence-electron chi connectivity index (χ1n) is 8.18. The van der Waals surface area contributed by atoms with Gasteiger partial charge in [-0.1, -0.05) is 60.1 Å². The third-order valence-electron chi connectivity index (χ3n) is 4.19. The van der Waals surface area contributed by atoms with Gasteiger partial charge in [0.25, 0.3) is 0 Å². The molecule has 0 aromatic heterocycles. The zero-order chi connectivity index (χ0) is 15.9. The fourth-order valence-electron chi connectivity index (χ4n) is 2.92. The summed E-state index contributed by atoms with van der Waals surface area (Å²) < 4.78 is 6.25. The highest BCUT2D eigenvalue weighted by atomic mass is 35.5. The van der Waals surface area contributed by atoms with E-state index in [-0.39, 0.29) is 6.10 Å². The smallest absolute Gasteiger partial charge is 0.109 e. The third kappa shape index (κ3) is 4.55. The van der Waals surface area contributed by atoms with Crippen molar-refractivity contribution in [2.75, 3.05) is 39.3 Å². The third-order valence-corrected chi connectivity index (χ3v) is 4.54. The minimum absolute atomic E-state index is 0.118. The van der Waals surface area contributed by atoms with E-state index in [1.165, 1.54) is 0 Å². The van der Waals surface area contributed by atoms with E-state index >= 15 is 0 Å². The molecule has 1 unspecified atom stereocenters. The topological polar surface area (TPSA) is 24.5 Å². The van der Waals surface area contributed by atoms with Crippen molar-refractivity contribution in [2.45, 2.75) is 6.10 Å². The highest BCUT2D eigenvalue weighted by molar-refractivity contribution is 6.31. The van der Waals surface area contributed by atoms with Crippen molar-refractivity contribution < 1.29 is 4.74 Å². The minimum Gasteiger partial charge on any atom is -0.367 e. The van der Waals surface area contributed by atoms with Crippen LogP contribution in [0.1, 0.15) is 17.2 Å². The van der Waals surface area contributed by atoms with Gasteiger partial charge >= 0.3 is 0 Å². The second-order valence-electron chi connectivity index (χ2n) is 5.77. The Hall–Kier alpha value is -1.39. The van der Waals surface area contributed by atoms with Crippen molar-refractivity contribution in [2.24, 2.45) is 0 Å². The first-order valence-corrected chi connectivity index (χ1v) is 8.56. The summed E-state index contributed by atoms with van der Waals surface area (Å²) in [5.41, 5.74) is 2.17. The quantitative estimate of drug-likeness (QED) is 0.879. The molecule has 2 aromatic rings. The Morgan fingerprint density at radius 3 is 2.43 bits per heavy atom. The van der Waals surface area contributed by atoms with E-state index in [9.17, 15) is 0 Å². The van der Waals surface area contributed by atoms with E-state index in [0.717, 1.165) is 48.9 Å². The number of ether oxygens (including phenoxy) is 1. The lowest BCUT2D eigenvalue weighted by molar-refractivity contribution is 0.0573. The van der Waals surface area contributed by atoms with Crippen LogP contribution in [-0.4, -0.2) is 44.2 Å². The Balaban J connectivity index is 1.69. The molecule has 1 fully saturated rings. The van der Waals surface area contributed by atoms with Gasteiger partial charge in [-0.3, -0.25) is 4.90 Å². The van der Waals surface area contributed by atoms with Crippen molar-refractivity contribution in [3.63, 3.8) is 0 Å². The molecule has 0 aliphatic carbocycles. The van der Waals surface area contributed by atoms with Gasteiger partial charge in [0, 0.05) is 43.3 Å². The normalized spacial score (nSPS) is 17.1. The molecule has 0 spiro atoms. The summed E-state index contributed by atoms with van der Waals surface area (Å²) in [7, 11) is 0. The maximum atomic E-state index is 6.40. The standard InChI is InChI=1S/C19H23ClN2O/c20-18-9-5-4-8-17(18)19(16-6-2-1-3-7-16)23-15-14-22-12-10-21-11-13-22/h1-9,19,21H,10-15H2. The van der Waals surface area contributed by atoms with Gasteiger partial charge in [-0.05, 0) is 11.6 Å². The fraction of sp³-hybridized carbons (Fsp3) is 0.368. The summed E-state index contributed by atoms with van der Waals surface area (Å²) in [5.74, 6) is 0. The van der Waals surface area contributed by atoms with E-state index in [1.807, 2.05) is 42.5 Å². The van der Waals surface area contributed by atoms with Crippen LogP contribution in [0.3, 0.4) is 0 Å². The number of nitrogens with zero attached hydrogens (tertiary/aromatic N) is 1. The number of piperazine rings is 1. The molecule has 1 atom stereocenters. The summed E-state index contributed by atoms with van der Waals surface area (Å²) in [6, 6.07) is 18.2. The molecule has 3 nitrogen and oxygen atoms in total. The second kappa shape index (κ2) is 8.46. The molecule has 1 aliphatic rings. The number of nitrogens with one attached hydrogen (secondary N) is 1. The van der Waals surface area contributed by atoms with E-state index in [0.29, 0.717) is 6.61 Å². The molecule has 122 valence electrons. The second-order valence-corrected chi connectivity index (χ2v) is 6.18. The molecule has 0 radical (unpaired) electrons. The first kappa shape index (κ1) is 16.5. The van der Waals surface area contributed by atoms with Crippen LogP contribution in [0, 0.1) is 0 Å². The highest BCUT2D eigenvalue weighted by Crippen LogP contribution is 2.31. The SMILES string of the molecule is Clc1ccccc1C(OCCN1CCNCC1)c1ccccc1. The van der Waals surface area contributed by atoms with Gasteiger partial charge in [-0.2, -0.15) is 0 Å². The Bertz CT molecular complexity index is 599. The van der Waals surface area contributed by atoms with E-state index in [1.54, 1.807) is 0 Å². The van der Waals surface area contributed by atoms with Crippen molar-refractivity contribution >= 4 is 11.6 Å². The lowest BCUT2D eigenvalue weighted by Gasteiger charge is -2.28. The molecule has 23 heavy (non-hydrogen) atoms. The zero-order valence-electron chi connectivity index (χ0n) is 13.2. The van der Waals surface area contributed by atoms with Crippen LogP contribution < -0.4 is 5.32 Å². The average molecular weight is 331 g/mol. The lowest BCUT2D eigenvalue weighted by Crippen LogP contribution is -2.44. The van der Waals surface area contributed by atoms with E-state index < -0.39 is 0 Å². The molecule has 3 rings (SSSR count). The summed E-state index contributed by atoms with van der Waals surface area (Å²) >= 11 is 6.40. The summed E-state index contributed by atoms with van der Waals surface area (Å²) in [5, 5.41) is 4.13. The Morgan fingerprint density at radius 2 is 1.70 bits per heavy atom. The molecule has 1 N–H and O–H groups in total. The van der Waals surface area contributed by atoms with Gasteiger partial charge in [0.1, 0.15) is 6.10 Å². The number of hydrogen-bond donors (Lipinski definition) is 1. The summed E-state index contributed by atoms with van der Waals surface area (Å²) in [6.45, 7) is 5.95. The maximum absolute atomic E-state index is 6.40. The van der Waals surface area contributed by atoms with Crippen LogP contribution in [0.5, 0.6) is 0 Å². The van der Waals surface area contributed by atoms with Crippen molar-refractivity contribution in [1.29, 1.82) is 0 Å². The molecular weight excluding hydrogens is 308 g/mol. The first-order chi connectivity index (χ1) is 11.3. The number of rotatable bonds is 6. The average Bonchev–Trinajstić information content (AvgIpc) is 2.61. The number of hydrogen-bond acceptors (Lipinski definition) is 3. The maximum Gasteiger partial charge on any atom is 0.109 e. The van der Waals surface area contributed by atoms with Crippen LogP contribution in [0.2, 0.25) is 5.02 Å². The molecule has 4 heteroatoms. The van der Waals surface area contributed by atoms with Crippen LogP contribution in [0.15, 0.2) is 54.6 Å². The summed E-state index contributed by atoms with van der Waals surface area (Å²) in [4.78, 5) is 2.44. The van der Waals surface area contributed by atoms with Crippen molar-refractivity contribution in [3.05, 3.63) is 70.7 Å². The Morgan fingerprint density at radius 1 is 1.00 bits per heavy atom. The molecule has 1 aliphatic heterocycles. The van der Waals surface area contributed by atoms with Gasteiger partial charge in [0.2, 0.25) is 0 Å². The van der Waals surface area contributed by atoms with Gasteiger partial charge in [0.15, 0.2) is 0 Å². The van der Waals surface area contributed by atoms with Crippen molar-refractivity contribution in [3.8, 4) is 0 Å². The molecule has 0 amide bonds. The molecular formula is C19H23ClN2O. The summed E-state index contributed by atoms with van der Waals surface area (Å²) in [6.07, 6.45) is -0.118.